The molecule has 0 radical (unpaired) electrons. The lowest BCUT2D eigenvalue weighted by molar-refractivity contribution is -0.119. The number of carbonyl (C=O) groups excluding carboxylic acids is 2. The van der Waals surface area contributed by atoms with Gasteiger partial charge in [0.25, 0.3) is 5.91 Å². The number of carbonyl (C=O) groups is 2. The first-order valence-corrected chi connectivity index (χ1v) is 15.2. The molecule has 5 rings (SSSR count). The Kier molecular flexibility index (Phi) is 9.50. The number of hydrogen-bond donors (Lipinski definition) is 0. The van der Waals surface area contributed by atoms with E-state index in [0.29, 0.717) is 23.6 Å². The molecule has 7 heteroatoms. The van der Waals surface area contributed by atoms with Crippen LogP contribution in [0, 0.1) is 0 Å². The summed E-state index contributed by atoms with van der Waals surface area (Å²) >= 11 is 0. The number of hydrogen-bond acceptors (Lipinski definition) is 4. The molecule has 1 unspecified atom stereocenters. The standard InChI is InChI=1S/C36H41N3O4/c1-5-7-12-26-16-18-27(19-17-26)36(41)37(22-8-6-2)25-34(40)39-31-14-10-9-13-30(31)38-23-11-15-32(38)35(39)29-24-28(42-3)20-21-33(29)43-4/h9-11,13-21,23-24,35H,5-8,12,22,25H2,1-4H3. The predicted octanol–water partition coefficient (Wildman–Crippen LogP) is 7.22. The average molecular weight is 580 g/mol. The van der Waals surface area contributed by atoms with Gasteiger partial charge in [0.15, 0.2) is 0 Å². The summed E-state index contributed by atoms with van der Waals surface area (Å²) in [5, 5.41) is 0. The van der Waals surface area contributed by atoms with Gasteiger partial charge < -0.3 is 18.9 Å². The van der Waals surface area contributed by atoms with Gasteiger partial charge in [0, 0.05) is 23.9 Å². The highest BCUT2D eigenvalue weighted by Gasteiger charge is 2.38. The first-order valence-electron chi connectivity index (χ1n) is 15.2. The Morgan fingerprint density at radius 2 is 1.58 bits per heavy atom. The fourth-order valence-electron chi connectivity index (χ4n) is 5.83. The van der Waals surface area contributed by atoms with Gasteiger partial charge in [0.1, 0.15) is 24.1 Å². The topological polar surface area (TPSA) is 64.0 Å². The number of amides is 2. The molecule has 1 aromatic heterocycles. The van der Waals surface area contributed by atoms with Gasteiger partial charge in [-0.2, -0.15) is 0 Å². The highest BCUT2D eigenvalue weighted by atomic mass is 16.5. The maximum Gasteiger partial charge on any atom is 0.254 e. The molecule has 7 nitrogen and oxygen atoms in total. The Morgan fingerprint density at radius 3 is 2.28 bits per heavy atom. The minimum absolute atomic E-state index is 0.0474. The Hall–Kier alpha value is -4.52. The van der Waals surface area contributed by atoms with Gasteiger partial charge >= 0.3 is 0 Å². The molecule has 2 amide bonds. The van der Waals surface area contributed by atoms with Gasteiger partial charge in [-0.25, -0.2) is 0 Å². The molecule has 2 heterocycles. The highest BCUT2D eigenvalue weighted by molar-refractivity contribution is 6.02. The first-order chi connectivity index (χ1) is 21.0. The number of fused-ring (bicyclic) bond motifs is 3. The van der Waals surface area contributed by atoms with Crippen LogP contribution in [0.2, 0.25) is 0 Å². The number of para-hydroxylation sites is 2. The van der Waals surface area contributed by atoms with Crippen molar-refractivity contribution in [1.82, 2.24) is 9.47 Å². The van der Waals surface area contributed by atoms with Gasteiger partial charge in [0.05, 0.1) is 31.3 Å². The van der Waals surface area contributed by atoms with Gasteiger partial charge in [0.2, 0.25) is 5.91 Å². The Bertz CT molecular complexity index is 1560. The van der Waals surface area contributed by atoms with E-state index in [1.807, 2.05) is 90.0 Å². The number of ether oxygens (including phenoxy) is 2. The number of rotatable bonds is 12. The summed E-state index contributed by atoms with van der Waals surface area (Å²) < 4.78 is 13.5. The number of aromatic nitrogens is 1. The fourth-order valence-corrected chi connectivity index (χ4v) is 5.83. The third kappa shape index (κ3) is 6.17. The zero-order valence-electron chi connectivity index (χ0n) is 25.6. The SMILES string of the molecule is CCCCc1ccc(C(=O)N(CCCC)CC(=O)N2c3ccccc3-n3cccc3C2c2cc(OC)ccc2OC)cc1. The van der Waals surface area contributed by atoms with E-state index < -0.39 is 6.04 Å². The summed E-state index contributed by atoms with van der Waals surface area (Å²) in [4.78, 5) is 31.9. The van der Waals surface area contributed by atoms with Crippen molar-refractivity contribution >= 4 is 17.5 Å². The van der Waals surface area contributed by atoms with Crippen molar-refractivity contribution in [1.29, 1.82) is 0 Å². The lowest BCUT2D eigenvalue weighted by Gasteiger charge is -2.40. The average Bonchev–Trinajstić information content (AvgIpc) is 3.54. The molecule has 0 N–H and O–H groups in total. The molecule has 1 atom stereocenters. The normalized spacial score (nSPS) is 13.7. The van der Waals surface area contributed by atoms with Crippen LogP contribution in [0.5, 0.6) is 11.5 Å². The summed E-state index contributed by atoms with van der Waals surface area (Å²) in [6.07, 6.45) is 6.97. The zero-order valence-corrected chi connectivity index (χ0v) is 25.6. The van der Waals surface area contributed by atoms with Crippen LogP contribution in [-0.4, -0.2) is 48.6 Å². The molecule has 224 valence electrons. The summed E-state index contributed by atoms with van der Waals surface area (Å²) in [6, 6.07) is 24.9. The molecule has 0 saturated carbocycles. The van der Waals surface area contributed by atoms with Crippen molar-refractivity contribution in [3.05, 3.63) is 107 Å². The number of benzene rings is 3. The lowest BCUT2D eigenvalue weighted by Crippen LogP contribution is -2.47. The molecule has 3 aromatic carbocycles. The number of nitrogens with zero attached hydrogens (tertiary/aromatic N) is 3. The fraction of sp³-hybridized carbons (Fsp3) is 0.333. The molecule has 0 spiro atoms. The minimum atomic E-state index is -0.497. The van der Waals surface area contributed by atoms with Crippen molar-refractivity contribution in [3.63, 3.8) is 0 Å². The number of unbranched alkanes of at least 4 members (excludes halogenated alkanes) is 2. The smallest absolute Gasteiger partial charge is 0.254 e. The number of anilines is 1. The molecule has 1 aliphatic rings. The molecule has 0 fully saturated rings. The maximum absolute atomic E-state index is 14.6. The monoisotopic (exact) mass is 579 g/mol. The molecule has 0 bridgehead atoms. The van der Waals surface area contributed by atoms with E-state index in [2.05, 4.69) is 18.4 Å². The van der Waals surface area contributed by atoms with Crippen LogP contribution in [0.3, 0.4) is 0 Å². The van der Waals surface area contributed by atoms with Crippen LogP contribution in [0.25, 0.3) is 5.69 Å². The molecule has 0 saturated heterocycles. The van der Waals surface area contributed by atoms with Crippen LogP contribution in [-0.2, 0) is 11.2 Å². The van der Waals surface area contributed by atoms with Crippen LogP contribution in [0.15, 0.2) is 85.1 Å². The van der Waals surface area contributed by atoms with E-state index in [1.165, 1.54) is 5.56 Å². The van der Waals surface area contributed by atoms with E-state index >= 15 is 0 Å². The molecule has 43 heavy (non-hydrogen) atoms. The second-order valence-corrected chi connectivity index (χ2v) is 10.9. The van der Waals surface area contributed by atoms with Crippen LogP contribution in [0.4, 0.5) is 5.69 Å². The zero-order chi connectivity index (χ0) is 30.3. The Morgan fingerprint density at radius 1 is 0.837 bits per heavy atom. The summed E-state index contributed by atoms with van der Waals surface area (Å²) in [6.45, 7) is 4.71. The van der Waals surface area contributed by atoms with Gasteiger partial charge in [-0.15, -0.1) is 0 Å². The second-order valence-electron chi connectivity index (χ2n) is 10.9. The minimum Gasteiger partial charge on any atom is -0.497 e. The molecule has 4 aromatic rings. The predicted molar refractivity (Wildman–Crippen MR) is 171 cm³/mol. The van der Waals surface area contributed by atoms with E-state index in [9.17, 15) is 9.59 Å². The Balaban J connectivity index is 1.54. The van der Waals surface area contributed by atoms with Crippen molar-refractivity contribution in [3.8, 4) is 17.2 Å². The second kappa shape index (κ2) is 13.6. The number of aryl methyl sites for hydroxylation is 1. The van der Waals surface area contributed by atoms with Crippen molar-refractivity contribution < 1.29 is 19.1 Å². The Labute approximate surface area is 254 Å². The van der Waals surface area contributed by atoms with E-state index in [0.717, 1.165) is 54.7 Å². The molecule has 1 aliphatic heterocycles. The van der Waals surface area contributed by atoms with E-state index in [-0.39, 0.29) is 18.4 Å². The van der Waals surface area contributed by atoms with E-state index in [1.54, 1.807) is 19.1 Å². The largest absolute Gasteiger partial charge is 0.497 e. The van der Waals surface area contributed by atoms with Gasteiger partial charge in [-0.05, 0) is 79.4 Å². The summed E-state index contributed by atoms with van der Waals surface area (Å²) in [5.74, 6) is 1.02. The van der Waals surface area contributed by atoms with Crippen molar-refractivity contribution in [2.45, 2.75) is 52.0 Å². The molecule has 0 aliphatic carbocycles. The van der Waals surface area contributed by atoms with Crippen molar-refractivity contribution in [2.75, 3.05) is 32.2 Å². The lowest BCUT2D eigenvalue weighted by atomic mass is 9.96. The summed E-state index contributed by atoms with van der Waals surface area (Å²) in [7, 11) is 3.26. The third-order valence-electron chi connectivity index (χ3n) is 8.13. The van der Waals surface area contributed by atoms with Crippen LogP contribution >= 0.6 is 0 Å². The molecular weight excluding hydrogens is 538 g/mol. The van der Waals surface area contributed by atoms with Crippen molar-refractivity contribution in [2.24, 2.45) is 0 Å². The first kappa shape index (κ1) is 30.0. The molecular formula is C36H41N3O4. The summed E-state index contributed by atoms with van der Waals surface area (Å²) in [5.41, 5.74) is 5.23. The third-order valence-corrected chi connectivity index (χ3v) is 8.13. The van der Waals surface area contributed by atoms with Crippen LogP contribution < -0.4 is 14.4 Å². The number of methoxy groups -OCH3 is 2. The highest BCUT2D eigenvalue weighted by Crippen LogP contribution is 2.45. The van der Waals surface area contributed by atoms with E-state index in [4.69, 9.17) is 9.47 Å². The quantitative estimate of drug-likeness (QED) is 0.178. The van der Waals surface area contributed by atoms with Gasteiger partial charge in [-0.3, -0.25) is 14.5 Å². The van der Waals surface area contributed by atoms with Gasteiger partial charge in [-0.1, -0.05) is 51.0 Å². The van der Waals surface area contributed by atoms with Crippen LogP contribution in [0.1, 0.15) is 72.8 Å². The maximum atomic E-state index is 14.6.